The molecule has 4 nitrogen and oxygen atoms in total. The number of hydrogen-bond acceptors (Lipinski definition) is 2. The van der Waals surface area contributed by atoms with Crippen molar-refractivity contribution in [2.24, 2.45) is 7.05 Å². The molecule has 33 heavy (non-hydrogen) atoms. The molecule has 4 aromatic carbocycles. The largest absolute Gasteiger partial charge is 0.350 e. The maximum Gasteiger partial charge on any atom is 0.255 e. The number of carbonyl (C=O) groups excluding carboxylic acids is 1. The Morgan fingerprint density at radius 1 is 0.848 bits per heavy atom. The predicted molar refractivity (Wildman–Crippen MR) is 132 cm³/mol. The SMILES string of the molecule is Cn1cc(CNCc2cccc3ccccc23)c2cc(C(=O)Nc3ccc(F)cc3)ccc21. The highest BCUT2D eigenvalue weighted by molar-refractivity contribution is 6.06. The van der Waals surface area contributed by atoms with E-state index in [1.54, 1.807) is 12.1 Å². The number of benzene rings is 4. The minimum Gasteiger partial charge on any atom is -0.350 e. The zero-order chi connectivity index (χ0) is 22.8. The van der Waals surface area contributed by atoms with E-state index in [-0.39, 0.29) is 11.7 Å². The molecule has 2 N–H and O–H groups in total. The van der Waals surface area contributed by atoms with Crippen LogP contribution in [0.5, 0.6) is 0 Å². The van der Waals surface area contributed by atoms with Crippen LogP contribution in [0.4, 0.5) is 10.1 Å². The van der Waals surface area contributed by atoms with E-state index >= 15 is 0 Å². The van der Waals surface area contributed by atoms with Crippen LogP contribution in [0, 0.1) is 5.82 Å². The Labute approximate surface area is 191 Å². The number of fused-ring (bicyclic) bond motifs is 2. The first-order chi connectivity index (χ1) is 16.1. The number of rotatable bonds is 6. The van der Waals surface area contributed by atoms with Crippen LogP contribution in [0.2, 0.25) is 0 Å². The van der Waals surface area contributed by atoms with Crippen molar-refractivity contribution in [3.8, 4) is 0 Å². The summed E-state index contributed by atoms with van der Waals surface area (Å²) in [5.74, 6) is -0.554. The van der Waals surface area contributed by atoms with Gasteiger partial charge in [-0.05, 0) is 64.4 Å². The lowest BCUT2D eigenvalue weighted by atomic mass is 10.0. The summed E-state index contributed by atoms with van der Waals surface area (Å²) in [6, 6.07) is 26.2. The van der Waals surface area contributed by atoms with E-state index in [0.717, 1.165) is 23.0 Å². The monoisotopic (exact) mass is 437 g/mol. The highest BCUT2D eigenvalue weighted by Crippen LogP contribution is 2.24. The highest BCUT2D eigenvalue weighted by Gasteiger charge is 2.12. The average molecular weight is 438 g/mol. The van der Waals surface area contributed by atoms with Gasteiger partial charge < -0.3 is 15.2 Å². The molecule has 0 aliphatic rings. The molecule has 0 spiro atoms. The molecule has 1 amide bonds. The van der Waals surface area contributed by atoms with Crippen LogP contribution in [-0.2, 0) is 20.1 Å². The molecular formula is C28H24FN3O. The second-order valence-corrected chi connectivity index (χ2v) is 8.20. The summed E-state index contributed by atoms with van der Waals surface area (Å²) in [6.07, 6.45) is 2.10. The summed E-state index contributed by atoms with van der Waals surface area (Å²) in [4.78, 5) is 12.8. The normalized spacial score (nSPS) is 11.2. The van der Waals surface area contributed by atoms with Gasteiger partial charge in [-0.3, -0.25) is 4.79 Å². The van der Waals surface area contributed by atoms with Gasteiger partial charge in [0, 0.05) is 48.5 Å². The van der Waals surface area contributed by atoms with Gasteiger partial charge in [-0.25, -0.2) is 4.39 Å². The molecule has 0 aliphatic heterocycles. The minimum atomic E-state index is -0.334. The molecule has 0 atom stereocenters. The molecule has 0 saturated heterocycles. The zero-order valence-corrected chi connectivity index (χ0v) is 18.3. The molecule has 5 rings (SSSR count). The maximum atomic E-state index is 13.1. The number of nitrogens with one attached hydrogen (secondary N) is 2. The minimum absolute atomic E-state index is 0.220. The summed E-state index contributed by atoms with van der Waals surface area (Å²) < 4.78 is 15.2. The molecule has 5 aromatic rings. The van der Waals surface area contributed by atoms with Gasteiger partial charge in [0.2, 0.25) is 0 Å². The quantitative estimate of drug-likeness (QED) is 0.342. The lowest BCUT2D eigenvalue weighted by molar-refractivity contribution is 0.102. The molecule has 1 aromatic heterocycles. The summed E-state index contributed by atoms with van der Waals surface area (Å²) in [7, 11) is 2.01. The number of amides is 1. The van der Waals surface area contributed by atoms with Gasteiger partial charge in [-0.15, -0.1) is 0 Å². The summed E-state index contributed by atoms with van der Waals surface area (Å²) in [5.41, 5.74) is 4.58. The number of halogens is 1. The molecule has 0 radical (unpaired) electrons. The molecule has 5 heteroatoms. The standard InChI is InChI=1S/C28H24FN3O/c1-32-18-22(17-30-16-21-7-4-6-19-5-2-3-8-25(19)21)26-15-20(9-14-27(26)32)28(33)31-24-12-10-23(29)11-13-24/h2-15,18,30H,16-17H2,1H3,(H,31,33). The van der Waals surface area contributed by atoms with E-state index in [4.69, 9.17) is 0 Å². The fraction of sp³-hybridized carbons (Fsp3) is 0.107. The van der Waals surface area contributed by atoms with Gasteiger partial charge in [0.15, 0.2) is 0 Å². The first-order valence-corrected chi connectivity index (χ1v) is 10.9. The van der Waals surface area contributed by atoms with Crippen LogP contribution < -0.4 is 10.6 Å². The number of aromatic nitrogens is 1. The summed E-state index contributed by atoms with van der Waals surface area (Å²) in [6.45, 7) is 1.44. The third-order valence-electron chi connectivity index (χ3n) is 5.95. The third kappa shape index (κ3) is 4.36. The van der Waals surface area contributed by atoms with Gasteiger partial charge in [0.1, 0.15) is 5.82 Å². The van der Waals surface area contributed by atoms with Crippen LogP contribution in [0.25, 0.3) is 21.7 Å². The van der Waals surface area contributed by atoms with Crippen molar-refractivity contribution >= 4 is 33.3 Å². The second kappa shape index (κ2) is 8.88. The van der Waals surface area contributed by atoms with Crippen molar-refractivity contribution in [1.82, 2.24) is 9.88 Å². The maximum absolute atomic E-state index is 13.1. The molecule has 0 aliphatic carbocycles. The second-order valence-electron chi connectivity index (χ2n) is 8.20. The fourth-order valence-electron chi connectivity index (χ4n) is 4.27. The Hall–Kier alpha value is -3.96. The molecular weight excluding hydrogens is 413 g/mol. The van der Waals surface area contributed by atoms with E-state index < -0.39 is 0 Å². The van der Waals surface area contributed by atoms with Crippen molar-refractivity contribution in [3.63, 3.8) is 0 Å². The lowest BCUT2D eigenvalue weighted by Gasteiger charge is -2.09. The van der Waals surface area contributed by atoms with Crippen LogP contribution in [0.15, 0.2) is 91.1 Å². The number of hydrogen-bond donors (Lipinski definition) is 2. The van der Waals surface area contributed by atoms with Gasteiger partial charge >= 0.3 is 0 Å². The Kier molecular flexibility index (Phi) is 5.63. The van der Waals surface area contributed by atoms with Crippen molar-refractivity contribution in [1.29, 1.82) is 0 Å². The van der Waals surface area contributed by atoms with Gasteiger partial charge in [-0.2, -0.15) is 0 Å². The first-order valence-electron chi connectivity index (χ1n) is 10.9. The molecule has 0 fully saturated rings. The molecule has 0 saturated carbocycles. The molecule has 1 heterocycles. The van der Waals surface area contributed by atoms with E-state index in [1.165, 1.54) is 28.5 Å². The third-order valence-corrected chi connectivity index (χ3v) is 5.95. The smallest absolute Gasteiger partial charge is 0.255 e. The molecule has 0 bridgehead atoms. The van der Waals surface area contributed by atoms with Gasteiger partial charge in [-0.1, -0.05) is 42.5 Å². The van der Waals surface area contributed by atoms with Crippen LogP contribution >= 0.6 is 0 Å². The fourth-order valence-corrected chi connectivity index (χ4v) is 4.27. The lowest BCUT2D eigenvalue weighted by Crippen LogP contribution is -2.13. The van der Waals surface area contributed by atoms with Crippen molar-refractivity contribution < 1.29 is 9.18 Å². The van der Waals surface area contributed by atoms with Gasteiger partial charge in [0.25, 0.3) is 5.91 Å². The average Bonchev–Trinajstić information content (AvgIpc) is 3.15. The summed E-state index contributed by atoms with van der Waals surface area (Å²) in [5, 5.41) is 9.92. The Morgan fingerprint density at radius 2 is 1.61 bits per heavy atom. The van der Waals surface area contributed by atoms with E-state index in [0.29, 0.717) is 17.8 Å². The zero-order valence-electron chi connectivity index (χ0n) is 18.3. The first kappa shape index (κ1) is 20.9. The van der Waals surface area contributed by atoms with Crippen molar-refractivity contribution in [3.05, 3.63) is 114 Å². The predicted octanol–water partition coefficient (Wildman–Crippen LogP) is 6.01. The topological polar surface area (TPSA) is 46.1 Å². The molecule has 0 unspecified atom stereocenters. The van der Waals surface area contributed by atoms with Crippen molar-refractivity contribution in [2.45, 2.75) is 13.1 Å². The number of anilines is 1. The number of carbonyl (C=O) groups is 1. The van der Waals surface area contributed by atoms with Crippen LogP contribution in [0.3, 0.4) is 0 Å². The molecule has 164 valence electrons. The van der Waals surface area contributed by atoms with E-state index in [2.05, 4.69) is 63.9 Å². The van der Waals surface area contributed by atoms with E-state index in [1.807, 2.05) is 25.2 Å². The number of nitrogens with zero attached hydrogens (tertiary/aromatic N) is 1. The van der Waals surface area contributed by atoms with Crippen LogP contribution in [0.1, 0.15) is 21.5 Å². The number of aryl methyl sites for hydroxylation is 1. The Bertz CT molecular complexity index is 1450. The van der Waals surface area contributed by atoms with E-state index in [9.17, 15) is 9.18 Å². The summed E-state index contributed by atoms with van der Waals surface area (Å²) >= 11 is 0. The Morgan fingerprint density at radius 3 is 2.45 bits per heavy atom. The Balaban J connectivity index is 1.34. The van der Waals surface area contributed by atoms with Crippen molar-refractivity contribution in [2.75, 3.05) is 5.32 Å². The highest BCUT2D eigenvalue weighted by atomic mass is 19.1. The van der Waals surface area contributed by atoms with Gasteiger partial charge in [0.05, 0.1) is 0 Å². The van der Waals surface area contributed by atoms with Crippen LogP contribution in [-0.4, -0.2) is 10.5 Å².